The fraction of sp³-hybridized carbons (Fsp3) is 0.0392. The van der Waals surface area contributed by atoms with Crippen molar-refractivity contribution >= 4 is 27.6 Å². The molecule has 0 amide bonds. The molecule has 0 aliphatic heterocycles. The van der Waals surface area contributed by atoms with E-state index >= 15 is 0 Å². The van der Waals surface area contributed by atoms with Crippen LogP contribution >= 0.6 is 0 Å². The van der Waals surface area contributed by atoms with Crippen molar-refractivity contribution in [2.75, 3.05) is 0 Å². The molecule has 2 aromatic heterocycles. The second-order valence-corrected chi connectivity index (χ2v) is 14.0. The molecule has 0 unspecified atom stereocenters. The van der Waals surface area contributed by atoms with Gasteiger partial charge in [0.1, 0.15) is 0 Å². The summed E-state index contributed by atoms with van der Waals surface area (Å²) in [5.74, 6) is 0.694. The summed E-state index contributed by atoms with van der Waals surface area (Å²) in [5, 5.41) is 4.77. The molecule has 254 valence electrons. The van der Waals surface area contributed by atoms with Gasteiger partial charge in [-0.05, 0) is 86.1 Å². The molecule has 0 saturated carbocycles. The fourth-order valence-electron chi connectivity index (χ4n) is 7.69. The molecular weight excluding hydrogens is 655 g/mol. The van der Waals surface area contributed by atoms with E-state index in [-0.39, 0.29) is 0 Å². The first-order chi connectivity index (χ1) is 26.7. The van der Waals surface area contributed by atoms with Gasteiger partial charge in [0.15, 0.2) is 5.82 Å². The van der Waals surface area contributed by atoms with Gasteiger partial charge < -0.3 is 0 Å². The van der Waals surface area contributed by atoms with Crippen LogP contribution in [0.2, 0.25) is 0 Å². The molecule has 3 heteroatoms. The molecule has 0 N–H and O–H groups in total. The molecular formula is C51H35N3. The second-order valence-electron chi connectivity index (χ2n) is 14.0. The number of allylic oxidation sites excluding steroid dienone is 1. The lowest BCUT2D eigenvalue weighted by atomic mass is 9.93. The standard InChI is InChI=1S/C51H35N3/c1-3-10-40-28-43(26-18-34(40)8-1)36-16-22-38(23-17-36)49-31-50(39-24-20-37(21-25-39)48-33-52-32-46-12-5-6-15-47(46)48)54-51(53-49)45-14-7-13-42(30-45)44-27-19-35-9-2-4-11-41(35)29-44/h1-2,4-9,11-33H,3,10H2. The maximum Gasteiger partial charge on any atom is 0.160 e. The van der Waals surface area contributed by atoms with Gasteiger partial charge in [0.05, 0.1) is 11.4 Å². The topological polar surface area (TPSA) is 38.7 Å². The number of aromatic nitrogens is 3. The molecule has 2 heterocycles. The third-order valence-corrected chi connectivity index (χ3v) is 10.6. The van der Waals surface area contributed by atoms with E-state index in [1.54, 1.807) is 0 Å². The third kappa shape index (κ3) is 6.06. The Bertz CT molecular complexity index is 2860. The normalized spacial score (nSPS) is 12.2. The Balaban J connectivity index is 1.05. The maximum absolute atomic E-state index is 5.22. The van der Waals surface area contributed by atoms with Crippen LogP contribution in [0, 0.1) is 0 Å². The summed E-state index contributed by atoms with van der Waals surface area (Å²) in [7, 11) is 0. The lowest BCUT2D eigenvalue weighted by Crippen LogP contribution is -1.96. The molecule has 0 atom stereocenters. The van der Waals surface area contributed by atoms with E-state index in [1.165, 1.54) is 44.0 Å². The third-order valence-electron chi connectivity index (χ3n) is 10.6. The maximum atomic E-state index is 5.22. The molecule has 1 aliphatic carbocycles. The molecule has 1 aliphatic rings. The zero-order valence-electron chi connectivity index (χ0n) is 29.7. The molecule has 10 rings (SSSR count). The Morgan fingerprint density at radius 2 is 1.04 bits per heavy atom. The van der Waals surface area contributed by atoms with Crippen molar-refractivity contribution in [2.24, 2.45) is 0 Å². The highest BCUT2D eigenvalue weighted by Gasteiger charge is 2.14. The van der Waals surface area contributed by atoms with Crippen molar-refractivity contribution in [1.82, 2.24) is 15.0 Å². The van der Waals surface area contributed by atoms with E-state index in [2.05, 4.69) is 181 Å². The van der Waals surface area contributed by atoms with Crippen molar-refractivity contribution in [2.45, 2.75) is 12.8 Å². The van der Waals surface area contributed by atoms with Gasteiger partial charge in [-0.15, -0.1) is 0 Å². The van der Waals surface area contributed by atoms with Gasteiger partial charge in [-0.25, -0.2) is 9.97 Å². The Hall–Kier alpha value is -6.97. The van der Waals surface area contributed by atoms with Crippen LogP contribution < -0.4 is 0 Å². The van der Waals surface area contributed by atoms with E-state index in [0.717, 1.165) is 63.0 Å². The average molecular weight is 690 g/mol. The van der Waals surface area contributed by atoms with Crippen LogP contribution in [0.15, 0.2) is 182 Å². The minimum atomic E-state index is 0.694. The summed E-state index contributed by atoms with van der Waals surface area (Å²) in [6.07, 6.45) is 10.6. The highest BCUT2D eigenvalue weighted by Crippen LogP contribution is 2.34. The smallest absolute Gasteiger partial charge is 0.160 e. The SMILES string of the molecule is C1=Cc2ccc(-c3ccc(-c4cc(-c5ccc(-c6cncc7ccccc67)cc5)nc(-c5cccc(-c6ccc7ccccc7c6)c5)n4)cc3)cc2CC1. The summed E-state index contributed by atoms with van der Waals surface area (Å²) >= 11 is 0. The first-order valence-electron chi connectivity index (χ1n) is 18.5. The van der Waals surface area contributed by atoms with Gasteiger partial charge in [-0.2, -0.15) is 0 Å². The molecule has 54 heavy (non-hydrogen) atoms. The predicted octanol–water partition coefficient (Wildman–Crippen LogP) is 13.1. The first-order valence-corrected chi connectivity index (χ1v) is 18.5. The quantitative estimate of drug-likeness (QED) is 0.174. The first kappa shape index (κ1) is 31.7. The van der Waals surface area contributed by atoms with Crippen molar-refractivity contribution in [3.63, 3.8) is 0 Å². The van der Waals surface area contributed by atoms with Crippen molar-refractivity contribution in [1.29, 1.82) is 0 Å². The van der Waals surface area contributed by atoms with E-state index < -0.39 is 0 Å². The summed E-state index contributed by atoms with van der Waals surface area (Å²) in [6, 6.07) is 58.5. The monoisotopic (exact) mass is 689 g/mol. The Morgan fingerprint density at radius 1 is 0.407 bits per heavy atom. The molecule has 7 aromatic carbocycles. The van der Waals surface area contributed by atoms with Crippen LogP contribution in [0.25, 0.3) is 94.9 Å². The Morgan fingerprint density at radius 3 is 1.85 bits per heavy atom. The van der Waals surface area contributed by atoms with Gasteiger partial charge in [0, 0.05) is 40.0 Å². The summed E-state index contributed by atoms with van der Waals surface area (Å²) in [6.45, 7) is 0. The van der Waals surface area contributed by atoms with Crippen LogP contribution in [-0.4, -0.2) is 15.0 Å². The molecule has 3 nitrogen and oxygen atoms in total. The van der Waals surface area contributed by atoms with E-state index in [9.17, 15) is 0 Å². The fourth-order valence-corrected chi connectivity index (χ4v) is 7.69. The zero-order chi connectivity index (χ0) is 35.8. The second kappa shape index (κ2) is 13.5. The summed E-state index contributed by atoms with van der Waals surface area (Å²) < 4.78 is 0. The van der Waals surface area contributed by atoms with Crippen LogP contribution in [0.4, 0.5) is 0 Å². The van der Waals surface area contributed by atoms with Crippen molar-refractivity contribution in [3.05, 3.63) is 193 Å². The Kier molecular flexibility index (Phi) is 7.96. The van der Waals surface area contributed by atoms with Crippen molar-refractivity contribution in [3.8, 4) is 67.3 Å². The predicted molar refractivity (Wildman–Crippen MR) is 225 cm³/mol. The minimum Gasteiger partial charge on any atom is -0.263 e. The molecule has 9 aromatic rings. The molecule has 0 spiro atoms. The summed E-state index contributed by atoms with van der Waals surface area (Å²) in [4.78, 5) is 15.0. The van der Waals surface area contributed by atoms with Crippen molar-refractivity contribution < 1.29 is 0 Å². The largest absolute Gasteiger partial charge is 0.263 e. The van der Waals surface area contributed by atoms with Gasteiger partial charge in [0.25, 0.3) is 0 Å². The number of benzene rings is 7. The molecule has 0 bridgehead atoms. The molecule has 0 fully saturated rings. The number of fused-ring (bicyclic) bond motifs is 3. The average Bonchev–Trinajstić information content (AvgIpc) is 3.26. The number of hydrogen-bond donors (Lipinski definition) is 0. The van der Waals surface area contributed by atoms with Crippen LogP contribution in [0.5, 0.6) is 0 Å². The number of rotatable bonds is 6. The number of aryl methyl sites for hydroxylation is 1. The molecule has 0 saturated heterocycles. The number of nitrogens with zero attached hydrogens (tertiary/aromatic N) is 3. The van der Waals surface area contributed by atoms with Crippen LogP contribution in [0.3, 0.4) is 0 Å². The van der Waals surface area contributed by atoms with Crippen LogP contribution in [0.1, 0.15) is 17.5 Å². The number of pyridine rings is 1. The van der Waals surface area contributed by atoms with Gasteiger partial charge in [0.2, 0.25) is 0 Å². The van der Waals surface area contributed by atoms with Crippen LogP contribution in [-0.2, 0) is 6.42 Å². The lowest BCUT2D eigenvalue weighted by molar-refractivity contribution is 0.986. The van der Waals surface area contributed by atoms with E-state index in [1.807, 2.05) is 12.4 Å². The molecule has 0 radical (unpaired) electrons. The van der Waals surface area contributed by atoms with E-state index in [0.29, 0.717) is 5.82 Å². The van der Waals surface area contributed by atoms with E-state index in [4.69, 9.17) is 9.97 Å². The number of hydrogen-bond acceptors (Lipinski definition) is 3. The Labute approximate surface area is 315 Å². The van der Waals surface area contributed by atoms with Gasteiger partial charge >= 0.3 is 0 Å². The van der Waals surface area contributed by atoms with Gasteiger partial charge in [-0.3, -0.25) is 4.98 Å². The highest BCUT2D eigenvalue weighted by atomic mass is 14.9. The van der Waals surface area contributed by atoms with Gasteiger partial charge in [-0.1, -0.05) is 158 Å². The zero-order valence-corrected chi connectivity index (χ0v) is 29.7. The highest BCUT2D eigenvalue weighted by molar-refractivity contribution is 5.96. The lowest BCUT2D eigenvalue weighted by Gasteiger charge is -2.13. The minimum absolute atomic E-state index is 0.694. The summed E-state index contributed by atoms with van der Waals surface area (Å²) in [5.41, 5.74) is 14.5.